The van der Waals surface area contributed by atoms with Crippen LogP contribution in [-0.2, 0) is 11.2 Å². The molecule has 1 fully saturated rings. The molecule has 2 N–H and O–H groups in total. The fraction of sp³-hybridized carbons (Fsp3) is 0.632. The molecule has 2 rings (SSSR count). The van der Waals surface area contributed by atoms with Crippen molar-refractivity contribution in [1.29, 1.82) is 0 Å². The zero-order valence-corrected chi connectivity index (χ0v) is 14.9. The molecular weight excluding hydrogens is 310 g/mol. The molecule has 0 bridgehead atoms. The minimum absolute atomic E-state index is 0.419. The molecule has 23 heavy (non-hydrogen) atoms. The largest absolute Gasteiger partial charge is 0.481 e. The van der Waals surface area contributed by atoms with Gasteiger partial charge < -0.3 is 10.4 Å². The van der Waals surface area contributed by atoms with Crippen LogP contribution in [0, 0.1) is 11.3 Å². The minimum Gasteiger partial charge on any atom is -0.481 e. The number of aliphatic carboxylic acids is 1. The van der Waals surface area contributed by atoms with E-state index in [0.717, 1.165) is 17.9 Å². The Kier molecular flexibility index (Phi) is 6.49. The van der Waals surface area contributed by atoms with Gasteiger partial charge in [-0.15, -0.1) is 0 Å². The minimum atomic E-state index is -0.678. The normalized spacial score (nSPS) is 21.5. The summed E-state index contributed by atoms with van der Waals surface area (Å²) in [5, 5.41) is 13.9. The van der Waals surface area contributed by atoms with E-state index >= 15 is 0 Å². The van der Waals surface area contributed by atoms with E-state index in [2.05, 4.69) is 17.4 Å². The van der Waals surface area contributed by atoms with Gasteiger partial charge in [0.15, 0.2) is 0 Å². The van der Waals surface area contributed by atoms with E-state index in [1.165, 1.54) is 18.4 Å². The summed E-state index contributed by atoms with van der Waals surface area (Å²) in [6.07, 6.45) is 5.93. The average molecular weight is 338 g/mol. The second-order valence-corrected chi connectivity index (χ2v) is 7.24. The Morgan fingerprint density at radius 1 is 1.26 bits per heavy atom. The lowest BCUT2D eigenvalue weighted by molar-refractivity contribution is -0.149. The van der Waals surface area contributed by atoms with Gasteiger partial charge in [-0.3, -0.25) is 4.79 Å². The van der Waals surface area contributed by atoms with Gasteiger partial charge in [-0.05, 0) is 55.7 Å². The molecule has 1 aliphatic rings. The number of carbonyl (C=O) groups is 1. The molecule has 0 amide bonds. The molecule has 2 atom stereocenters. The summed E-state index contributed by atoms with van der Waals surface area (Å²) in [6.45, 7) is 4.51. The van der Waals surface area contributed by atoms with Gasteiger partial charge in [-0.25, -0.2) is 0 Å². The SMILES string of the molecule is CCC(CC)(CNC1CCCC1Cc1ccc(Cl)cc1)C(=O)O. The molecule has 3 nitrogen and oxygen atoms in total. The fourth-order valence-electron chi connectivity index (χ4n) is 3.68. The number of nitrogens with one attached hydrogen (secondary N) is 1. The first-order chi connectivity index (χ1) is 11.0. The molecule has 0 aromatic heterocycles. The third-order valence-corrected chi connectivity index (χ3v) is 5.83. The molecule has 1 saturated carbocycles. The maximum atomic E-state index is 11.6. The quantitative estimate of drug-likeness (QED) is 0.732. The van der Waals surface area contributed by atoms with Crippen molar-refractivity contribution in [3.05, 3.63) is 34.9 Å². The van der Waals surface area contributed by atoms with Gasteiger partial charge >= 0.3 is 5.97 Å². The highest BCUT2D eigenvalue weighted by molar-refractivity contribution is 6.30. The summed E-state index contributed by atoms with van der Waals surface area (Å²) in [5.74, 6) is -0.0985. The molecule has 0 saturated heterocycles. The third-order valence-electron chi connectivity index (χ3n) is 5.58. The van der Waals surface area contributed by atoms with Crippen LogP contribution in [0.4, 0.5) is 0 Å². The van der Waals surface area contributed by atoms with Crippen molar-refractivity contribution < 1.29 is 9.90 Å². The summed E-state index contributed by atoms with van der Waals surface area (Å²) < 4.78 is 0. The monoisotopic (exact) mass is 337 g/mol. The zero-order chi connectivity index (χ0) is 16.9. The van der Waals surface area contributed by atoms with Gasteiger partial charge in [0.2, 0.25) is 0 Å². The highest BCUT2D eigenvalue weighted by Crippen LogP contribution is 2.31. The van der Waals surface area contributed by atoms with Crippen molar-refractivity contribution in [2.75, 3.05) is 6.54 Å². The van der Waals surface area contributed by atoms with Crippen LogP contribution >= 0.6 is 11.6 Å². The molecule has 0 aliphatic heterocycles. The second kappa shape index (κ2) is 8.16. The summed E-state index contributed by atoms with van der Waals surface area (Å²) >= 11 is 5.95. The van der Waals surface area contributed by atoms with Crippen LogP contribution in [0.15, 0.2) is 24.3 Å². The maximum Gasteiger partial charge on any atom is 0.310 e. The Morgan fingerprint density at radius 3 is 2.48 bits per heavy atom. The van der Waals surface area contributed by atoms with Crippen molar-refractivity contribution in [1.82, 2.24) is 5.32 Å². The lowest BCUT2D eigenvalue weighted by atomic mass is 9.82. The molecule has 1 aromatic carbocycles. The molecule has 2 unspecified atom stereocenters. The van der Waals surface area contributed by atoms with Crippen molar-refractivity contribution in [2.45, 2.75) is 58.4 Å². The number of carboxylic acid groups (broad SMARTS) is 1. The highest BCUT2D eigenvalue weighted by Gasteiger charge is 2.36. The summed E-state index contributed by atoms with van der Waals surface area (Å²) in [5.41, 5.74) is 0.677. The van der Waals surface area contributed by atoms with Gasteiger partial charge in [0.1, 0.15) is 0 Å². The summed E-state index contributed by atoms with van der Waals surface area (Å²) in [4.78, 5) is 11.6. The molecule has 0 radical (unpaired) electrons. The van der Waals surface area contributed by atoms with Gasteiger partial charge in [0.05, 0.1) is 5.41 Å². The Balaban J connectivity index is 1.96. The van der Waals surface area contributed by atoms with E-state index in [4.69, 9.17) is 11.6 Å². The number of hydrogen-bond acceptors (Lipinski definition) is 2. The zero-order valence-electron chi connectivity index (χ0n) is 14.1. The molecule has 1 aliphatic carbocycles. The maximum absolute atomic E-state index is 11.6. The first-order valence-corrected chi connectivity index (χ1v) is 9.09. The highest BCUT2D eigenvalue weighted by atomic mass is 35.5. The van der Waals surface area contributed by atoms with Gasteiger partial charge in [-0.2, -0.15) is 0 Å². The lowest BCUT2D eigenvalue weighted by Crippen LogP contribution is -2.45. The Hall–Kier alpha value is -1.06. The standard InChI is InChI=1S/C19H28ClNO2/c1-3-19(4-2,18(22)23)13-21-17-7-5-6-15(17)12-14-8-10-16(20)11-9-14/h8-11,15,17,21H,3-7,12-13H2,1-2H3,(H,22,23). The molecule has 128 valence electrons. The first-order valence-electron chi connectivity index (χ1n) is 8.72. The summed E-state index contributed by atoms with van der Waals surface area (Å²) in [6, 6.07) is 8.49. The fourth-order valence-corrected chi connectivity index (χ4v) is 3.80. The van der Waals surface area contributed by atoms with Crippen LogP contribution in [0.5, 0.6) is 0 Å². The van der Waals surface area contributed by atoms with Crippen molar-refractivity contribution in [3.63, 3.8) is 0 Å². The second-order valence-electron chi connectivity index (χ2n) is 6.80. The smallest absolute Gasteiger partial charge is 0.310 e. The van der Waals surface area contributed by atoms with E-state index in [-0.39, 0.29) is 0 Å². The van der Waals surface area contributed by atoms with Crippen LogP contribution in [0.2, 0.25) is 5.02 Å². The van der Waals surface area contributed by atoms with Crippen molar-refractivity contribution >= 4 is 17.6 Å². The topological polar surface area (TPSA) is 49.3 Å². The van der Waals surface area contributed by atoms with Gasteiger partial charge in [0.25, 0.3) is 0 Å². The van der Waals surface area contributed by atoms with Crippen molar-refractivity contribution in [2.24, 2.45) is 11.3 Å². The van der Waals surface area contributed by atoms with E-state index in [1.807, 2.05) is 26.0 Å². The van der Waals surface area contributed by atoms with Crippen LogP contribution < -0.4 is 5.32 Å². The Bertz CT molecular complexity index is 511. The van der Waals surface area contributed by atoms with E-state index in [9.17, 15) is 9.90 Å². The Labute approximate surface area is 144 Å². The molecule has 0 heterocycles. The third kappa shape index (κ3) is 4.48. The average Bonchev–Trinajstić information content (AvgIpc) is 2.98. The number of rotatable bonds is 8. The van der Waals surface area contributed by atoms with E-state index in [0.29, 0.717) is 31.3 Å². The van der Waals surface area contributed by atoms with Crippen molar-refractivity contribution in [3.8, 4) is 0 Å². The summed E-state index contributed by atoms with van der Waals surface area (Å²) in [7, 11) is 0. The lowest BCUT2D eigenvalue weighted by Gasteiger charge is -2.30. The molecule has 0 spiro atoms. The number of carboxylic acids is 1. The van der Waals surface area contributed by atoms with Gasteiger partial charge in [0, 0.05) is 17.6 Å². The molecular formula is C19H28ClNO2. The van der Waals surface area contributed by atoms with Crippen LogP contribution in [0.3, 0.4) is 0 Å². The molecule has 4 heteroatoms. The predicted octanol–water partition coefficient (Wildman–Crippen LogP) is 4.53. The Morgan fingerprint density at radius 2 is 1.91 bits per heavy atom. The number of benzene rings is 1. The van der Waals surface area contributed by atoms with Gasteiger partial charge in [-0.1, -0.05) is 44.0 Å². The van der Waals surface area contributed by atoms with E-state index in [1.54, 1.807) is 0 Å². The van der Waals surface area contributed by atoms with Crippen LogP contribution in [-0.4, -0.2) is 23.7 Å². The molecule has 1 aromatic rings. The predicted molar refractivity (Wildman–Crippen MR) is 94.9 cm³/mol. The van der Waals surface area contributed by atoms with E-state index < -0.39 is 11.4 Å². The van der Waals surface area contributed by atoms with Crippen LogP contribution in [0.1, 0.15) is 51.5 Å². The number of hydrogen-bond donors (Lipinski definition) is 2. The first kappa shape index (κ1) is 18.3. The van der Waals surface area contributed by atoms with Crippen LogP contribution in [0.25, 0.3) is 0 Å². The number of halogens is 1.